The molecule has 1 rings (SSSR count). The van der Waals surface area contributed by atoms with Crippen LogP contribution in [0, 0.1) is 0 Å². The molecule has 0 atom stereocenters. The first-order chi connectivity index (χ1) is 3.00. The number of rotatable bonds is 0. The van der Waals surface area contributed by atoms with Crippen LogP contribution in [-0.2, 0) is 0 Å². The Bertz CT molecular complexity index is 21.5. The molecule has 6 heavy (non-hydrogen) atoms. The average molecular weight is 74.5 g/mol. The summed E-state index contributed by atoms with van der Waals surface area (Å²) in [5, 5.41) is 0. The lowest BCUT2D eigenvalue weighted by Crippen LogP contribution is -2.16. The highest BCUT2D eigenvalue weighted by atomic mass is 13.7. The summed E-state index contributed by atoms with van der Waals surface area (Å²) in [6, 6.07) is 0. The molecule has 3 radical (unpaired) electrons. The van der Waals surface area contributed by atoms with Gasteiger partial charge in [-0.15, -0.1) is 0 Å². The Kier molecular flexibility index (Phi) is 1.73. The molecule has 3 heteroatoms. The summed E-state index contributed by atoms with van der Waals surface area (Å²) in [5.41, 5.74) is 0. The molecule has 0 aromatic rings. The van der Waals surface area contributed by atoms with Crippen LogP contribution in [0.2, 0.25) is 12.6 Å². The Hall–Kier alpha value is 0.195. The maximum absolute atomic E-state index is 2.21. The summed E-state index contributed by atoms with van der Waals surface area (Å²) in [6.07, 6.45) is 3.93. The van der Waals surface area contributed by atoms with Gasteiger partial charge in [-0.05, 0) is 0 Å². The van der Waals surface area contributed by atoms with E-state index in [1.807, 2.05) is 0 Å². The van der Waals surface area contributed by atoms with Crippen LogP contribution in [0.5, 0.6) is 0 Å². The highest BCUT2D eigenvalue weighted by Gasteiger charge is 1.99. The minimum absolute atomic E-state index is 1.29. The minimum Gasteiger partial charge on any atom is -0.0902 e. The van der Waals surface area contributed by atoms with Crippen molar-refractivity contribution in [2.24, 2.45) is 0 Å². The molecule has 0 aromatic carbocycles. The fraction of sp³-hybridized carbons (Fsp3) is 1.00. The van der Waals surface area contributed by atoms with Crippen LogP contribution in [-0.4, -0.2) is 21.4 Å². The SMILES string of the molecule is [B]1[B]CCC[B]1. The van der Waals surface area contributed by atoms with Crippen molar-refractivity contribution in [2.45, 2.75) is 19.1 Å². The predicted molar refractivity (Wildman–Crippen MR) is 31.5 cm³/mol. The maximum Gasteiger partial charge on any atom is 0.0552 e. The third kappa shape index (κ3) is 1.12. The molecule has 0 unspecified atom stereocenters. The Balaban J connectivity index is 2.00. The van der Waals surface area contributed by atoms with Crippen LogP contribution >= 0.6 is 0 Å². The third-order valence-corrected chi connectivity index (χ3v) is 1.01. The molecule has 0 aliphatic carbocycles. The fourth-order valence-electron chi connectivity index (χ4n) is 0.642. The Morgan fingerprint density at radius 2 is 1.67 bits per heavy atom. The van der Waals surface area contributed by atoms with Crippen LogP contribution in [0.3, 0.4) is 0 Å². The van der Waals surface area contributed by atoms with Crippen molar-refractivity contribution in [2.75, 3.05) is 0 Å². The highest BCUT2D eigenvalue weighted by Crippen LogP contribution is 1.98. The first kappa shape index (κ1) is 4.36. The lowest BCUT2D eigenvalue weighted by Gasteiger charge is -2.02. The van der Waals surface area contributed by atoms with Gasteiger partial charge in [0.2, 0.25) is 0 Å². The molecular weight excluding hydrogens is 68.5 g/mol. The second kappa shape index (κ2) is 2.38. The van der Waals surface area contributed by atoms with Gasteiger partial charge in [-0.2, -0.15) is 0 Å². The third-order valence-electron chi connectivity index (χ3n) is 1.01. The van der Waals surface area contributed by atoms with Gasteiger partial charge in [0.15, 0.2) is 0 Å². The molecule has 0 aromatic heterocycles. The van der Waals surface area contributed by atoms with Gasteiger partial charge < -0.3 is 0 Å². The molecule has 1 aliphatic heterocycles. The van der Waals surface area contributed by atoms with E-state index in [0.29, 0.717) is 0 Å². The van der Waals surface area contributed by atoms with Gasteiger partial charge in [-0.1, -0.05) is 19.1 Å². The van der Waals surface area contributed by atoms with Crippen molar-refractivity contribution in [1.29, 1.82) is 0 Å². The molecule has 1 saturated heterocycles. The zero-order valence-corrected chi connectivity index (χ0v) is 3.85. The first-order valence-electron chi connectivity index (χ1n) is 2.48. The molecule has 0 spiro atoms. The van der Waals surface area contributed by atoms with Crippen molar-refractivity contribution in [3.8, 4) is 0 Å². The molecule has 0 saturated carbocycles. The van der Waals surface area contributed by atoms with E-state index in [2.05, 4.69) is 21.4 Å². The summed E-state index contributed by atoms with van der Waals surface area (Å²) in [7, 11) is 6.57. The van der Waals surface area contributed by atoms with Gasteiger partial charge >= 0.3 is 0 Å². The zero-order chi connectivity index (χ0) is 4.24. The Morgan fingerprint density at radius 1 is 1.00 bits per heavy atom. The van der Waals surface area contributed by atoms with E-state index in [9.17, 15) is 0 Å². The molecule has 0 amide bonds. The molecule has 0 bridgehead atoms. The van der Waals surface area contributed by atoms with E-state index >= 15 is 0 Å². The van der Waals surface area contributed by atoms with Gasteiger partial charge in [0.1, 0.15) is 0 Å². The summed E-state index contributed by atoms with van der Waals surface area (Å²) in [5.74, 6) is 0. The normalized spacial score (nSPS) is 20.0. The lowest BCUT2D eigenvalue weighted by molar-refractivity contribution is 1.07. The molecule has 1 aliphatic rings. The van der Waals surface area contributed by atoms with E-state index in [0.717, 1.165) is 0 Å². The predicted octanol–water partition coefficient (Wildman–Crippen LogP) is 0.169. The van der Waals surface area contributed by atoms with Crippen LogP contribution in [0.1, 0.15) is 6.42 Å². The van der Waals surface area contributed by atoms with Crippen molar-refractivity contribution in [3.05, 3.63) is 0 Å². The lowest BCUT2D eigenvalue weighted by atomic mass is 9.15. The van der Waals surface area contributed by atoms with Crippen molar-refractivity contribution >= 4 is 21.4 Å². The number of hydrogen-bond donors (Lipinski definition) is 0. The van der Waals surface area contributed by atoms with Gasteiger partial charge in [0.25, 0.3) is 0 Å². The second-order valence-corrected chi connectivity index (χ2v) is 1.59. The van der Waals surface area contributed by atoms with Crippen LogP contribution in [0.4, 0.5) is 0 Å². The van der Waals surface area contributed by atoms with Crippen LogP contribution in [0.25, 0.3) is 0 Å². The van der Waals surface area contributed by atoms with Crippen LogP contribution in [0.15, 0.2) is 0 Å². The molecule has 0 N–H and O–H groups in total. The highest BCUT2D eigenvalue weighted by molar-refractivity contribution is 7.29. The minimum atomic E-state index is 1.29. The summed E-state index contributed by atoms with van der Waals surface area (Å²) in [6.45, 7) is 0. The first-order valence-corrected chi connectivity index (χ1v) is 2.48. The van der Waals surface area contributed by atoms with E-state index in [1.165, 1.54) is 19.1 Å². The monoisotopic (exact) mass is 75.1 g/mol. The summed E-state index contributed by atoms with van der Waals surface area (Å²) in [4.78, 5) is 0. The fourth-order valence-corrected chi connectivity index (χ4v) is 0.642. The smallest absolute Gasteiger partial charge is 0.0552 e. The average Bonchev–Trinajstić information content (AvgIpc) is 1.72. The summed E-state index contributed by atoms with van der Waals surface area (Å²) >= 11 is 0. The maximum atomic E-state index is 2.21. The van der Waals surface area contributed by atoms with Gasteiger partial charge in [-0.3, -0.25) is 0 Å². The Morgan fingerprint density at radius 3 is 1.83 bits per heavy atom. The van der Waals surface area contributed by atoms with E-state index < -0.39 is 0 Å². The molecule has 1 fully saturated rings. The summed E-state index contributed by atoms with van der Waals surface area (Å²) < 4.78 is 0. The van der Waals surface area contributed by atoms with Gasteiger partial charge in [0, 0.05) is 7.06 Å². The van der Waals surface area contributed by atoms with Crippen molar-refractivity contribution < 1.29 is 0 Å². The topological polar surface area (TPSA) is 0 Å². The largest absolute Gasteiger partial charge is 0.0902 e. The van der Waals surface area contributed by atoms with Crippen LogP contribution < -0.4 is 0 Å². The molecule has 0 nitrogen and oxygen atoms in total. The molecule has 27 valence electrons. The second-order valence-electron chi connectivity index (χ2n) is 1.59. The van der Waals surface area contributed by atoms with Crippen molar-refractivity contribution in [1.82, 2.24) is 0 Å². The molecular formula is C3H6B3. The van der Waals surface area contributed by atoms with Gasteiger partial charge in [-0.25, -0.2) is 0 Å². The van der Waals surface area contributed by atoms with Gasteiger partial charge in [0.05, 0.1) is 14.3 Å². The number of hydrogen-bond acceptors (Lipinski definition) is 0. The van der Waals surface area contributed by atoms with E-state index in [-0.39, 0.29) is 0 Å². The van der Waals surface area contributed by atoms with E-state index in [4.69, 9.17) is 0 Å². The quantitative estimate of drug-likeness (QED) is 0.359. The Labute approximate surface area is 41.4 Å². The van der Waals surface area contributed by atoms with Crippen molar-refractivity contribution in [3.63, 3.8) is 0 Å². The van der Waals surface area contributed by atoms with E-state index in [1.54, 1.807) is 0 Å². The zero-order valence-electron chi connectivity index (χ0n) is 3.85. The molecule has 1 heterocycles. The standard InChI is InChI=1S/C3H6B3/c1-2-4-6-5-3-1/h1-3H2.